The lowest BCUT2D eigenvalue weighted by Crippen LogP contribution is -2.44. The second-order valence-corrected chi connectivity index (χ2v) is 5.31. The number of pyridine rings is 1. The van der Waals surface area contributed by atoms with Gasteiger partial charge in [0.25, 0.3) is 0 Å². The standard InChI is InChI=1S/C14H16N4O5/c1-2-14(5-19)10(22)9(21)13(23-14)18-4-3-7(20)8-11(15)16-6-17-12(8)18/h2-4,6,9-10,13,19,21-22H,1,5H2,(H2,15,16,17)/t9-,10+,13?,14-/m1/s1. The number of aromatic nitrogens is 3. The van der Waals surface area contributed by atoms with Gasteiger partial charge in [0.15, 0.2) is 17.3 Å². The van der Waals surface area contributed by atoms with Gasteiger partial charge in [0, 0.05) is 12.3 Å². The van der Waals surface area contributed by atoms with E-state index >= 15 is 0 Å². The smallest absolute Gasteiger partial charge is 0.194 e. The fraction of sp³-hybridized carbons (Fsp3) is 0.357. The van der Waals surface area contributed by atoms with Crippen LogP contribution < -0.4 is 11.2 Å². The minimum atomic E-state index is -1.52. The molecule has 0 radical (unpaired) electrons. The zero-order chi connectivity index (χ0) is 16.8. The molecule has 4 atom stereocenters. The molecule has 0 spiro atoms. The number of ether oxygens (including phenoxy) is 1. The predicted molar refractivity (Wildman–Crippen MR) is 80.4 cm³/mol. The van der Waals surface area contributed by atoms with Crippen molar-refractivity contribution < 1.29 is 20.1 Å². The van der Waals surface area contributed by atoms with Gasteiger partial charge in [-0.25, -0.2) is 9.97 Å². The summed E-state index contributed by atoms with van der Waals surface area (Å²) in [6.45, 7) is 2.96. The highest BCUT2D eigenvalue weighted by Crippen LogP contribution is 2.38. The van der Waals surface area contributed by atoms with Crippen molar-refractivity contribution in [1.29, 1.82) is 0 Å². The molecule has 1 aliphatic heterocycles. The molecule has 122 valence electrons. The molecule has 3 rings (SSSR count). The van der Waals surface area contributed by atoms with Gasteiger partial charge in [0.1, 0.15) is 35.3 Å². The average Bonchev–Trinajstić information content (AvgIpc) is 2.81. The molecule has 9 heteroatoms. The number of nitrogens with zero attached hydrogens (tertiary/aromatic N) is 3. The zero-order valence-corrected chi connectivity index (χ0v) is 12.0. The number of nitrogens with two attached hydrogens (primary N) is 1. The molecule has 1 fully saturated rings. The normalized spacial score (nSPS) is 30.7. The van der Waals surface area contributed by atoms with Crippen molar-refractivity contribution in [3.05, 3.63) is 41.5 Å². The Balaban J connectivity index is 2.19. The van der Waals surface area contributed by atoms with Crippen LogP contribution in [0.2, 0.25) is 0 Å². The first-order valence-electron chi connectivity index (χ1n) is 6.85. The Morgan fingerprint density at radius 2 is 2.22 bits per heavy atom. The number of fused-ring (bicyclic) bond motifs is 1. The Hall–Kier alpha value is -2.33. The van der Waals surface area contributed by atoms with Gasteiger partial charge >= 0.3 is 0 Å². The Kier molecular flexibility index (Phi) is 3.65. The molecule has 5 N–H and O–H groups in total. The first-order chi connectivity index (χ1) is 10.9. The molecule has 23 heavy (non-hydrogen) atoms. The molecule has 2 aromatic rings. The number of hydrogen-bond donors (Lipinski definition) is 4. The van der Waals surface area contributed by atoms with Crippen molar-refractivity contribution in [2.75, 3.05) is 12.3 Å². The van der Waals surface area contributed by atoms with Crippen molar-refractivity contribution in [3.8, 4) is 0 Å². The topological polar surface area (TPSA) is 144 Å². The first-order valence-corrected chi connectivity index (χ1v) is 6.85. The van der Waals surface area contributed by atoms with Crippen LogP contribution in [-0.4, -0.2) is 54.3 Å². The highest BCUT2D eigenvalue weighted by atomic mass is 16.6. The molecule has 2 aromatic heterocycles. The second-order valence-electron chi connectivity index (χ2n) is 5.31. The van der Waals surface area contributed by atoms with Gasteiger partial charge in [-0.1, -0.05) is 6.08 Å². The van der Waals surface area contributed by atoms with Crippen LogP contribution in [0.15, 0.2) is 36.0 Å². The van der Waals surface area contributed by atoms with Crippen molar-refractivity contribution in [1.82, 2.24) is 14.5 Å². The Labute approximate surface area is 130 Å². The SMILES string of the molecule is C=C[C@]1(CO)OC(n2ccc(=O)c3c(N)ncnc32)[C@H](O)[C@@H]1O. The van der Waals surface area contributed by atoms with Crippen LogP contribution in [0.4, 0.5) is 5.82 Å². The lowest BCUT2D eigenvalue weighted by Gasteiger charge is -2.26. The van der Waals surface area contributed by atoms with Crippen LogP contribution in [0.25, 0.3) is 11.0 Å². The van der Waals surface area contributed by atoms with Crippen molar-refractivity contribution in [2.45, 2.75) is 24.0 Å². The first kappa shape index (κ1) is 15.6. The fourth-order valence-electron chi connectivity index (χ4n) is 2.72. The van der Waals surface area contributed by atoms with Crippen LogP contribution in [-0.2, 0) is 4.74 Å². The number of rotatable bonds is 3. The van der Waals surface area contributed by atoms with Gasteiger partial charge in [-0.2, -0.15) is 0 Å². The fourth-order valence-corrected chi connectivity index (χ4v) is 2.72. The number of anilines is 1. The number of aliphatic hydroxyl groups is 3. The van der Waals surface area contributed by atoms with E-state index in [1.54, 1.807) is 0 Å². The molecule has 0 bridgehead atoms. The van der Waals surface area contributed by atoms with Gasteiger partial charge in [-0.15, -0.1) is 6.58 Å². The summed E-state index contributed by atoms with van der Waals surface area (Å²) in [5, 5.41) is 30.1. The molecule has 0 aromatic carbocycles. The summed E-state index contributed by atoms with van der Waals surface area (Å²) < 4.78 is 7.00. The van der Waals surface area contributed by atoms with Crippen LogP contribution in [0, 0.1) is 0 Å². The monoisotopic (exact) mass is 320 g/mol. The van der Waals surface area contributed by atoms with E-state index in [4.69, 9.17) is 10.5 Å². The van der Waals surface area contributed by atoms with Crippen molar-refractivity contribution >= 4 is 16.9 Å². The van der Waals surface area contributed by atoms with E-state index in [9.17, 15) is 20.1 Å². The van der Waals surface area contributed by atoms with E-state index in [-0.39, 0.29) is 22.3 Å². The second kappa shape index (κ2) is 5.39. The Bertz CT molecular complexity index is 822. The van der Waals surface area contributed by atoms with Crippen LogP contribution in [0.3, 0.4) is 0 Å². The summed E-state index contributed by atoms with van der Waals surface area (Å²) in [6.07, 6.45) is -0.0836. The lowest BCUT2D eigenvalue weighted by atomic mass is 9.96. The molecule has 0 amide bonds. The summed E-state index contributed by atoms with van der Waals surface area (Å²) in [4.78, 5) is 19.8. The van der Waals surface area contributed by atoms with Crippen molar-refractivity contribution in [2.24, 2.45) is 0 Å². The maximum Gasteiger partial charge on any atom is 0.194 e. The summed E-state index contributed by atoms with van der Waals surface area (Å²) in [5.74, 6) is -0.000438. The van der Waals surface area contributed by atoms with E-state index in [0.717, 1.165) is 0 Å². The number of nitrogen functional groups attached to an aromatic ring is 1. The van der Waals surface area contributed by atoms with Gasteiger partial charge < -0.3 is 30.4 Å². The maximum atomic E-state index is 12.0. The van der Waals surface area contributed by atoms with E-state index in [1.165, 1.54) is 29.2 Å². The molecule has 1 saturated heterocycles. The average molecular weight is 320 g/mol. The molecular formula is C14H16N4O5. The summed E-state index contributed by atoms with van der Waals surface area (Å²) in [5.41, 5.74) is 3.98. The van der Waals surface area contributed by atoms with E-state index in [1.807, 2.05) is 0 Å². The molecule has 1 unspecified atom stereocenters. The van der Waals surface area contributed by atoms with Gasteiger partial charge in [-0.3, -0.25) is 4.79 Å². The van der Waals surface area contributed by atoms with Crippen LogP contribution in [0.5, 0.6) is 0 Å². The van der Waals surface area contributed by atoms with Gasteiger partial charge in [0.05, 0.1) is 6.61 Å². The van der Waals surface area contributed by atoms with Gasteiger partial charge in [0.2, 0.25) is 0 Å². The molecule has 3 heterocycles. The van der Waals surface area contributed by atoms with Crippen LogP contribution in [0.1, 0.15) is 6.23 Å². The molecule has 9 nitrogen and oxygen atoms in total. The minimum absolute atomic E-state index is 0.000438. The van der Waals surface area contributed by atoms with E-state index in [0.29, 0.717) is 0 Å². The van der Waals surface area contributed by atoms with Crippen LogP contribution >= 0.6 is 0 Å². The predicted octanol–water partition coefficient (Wildman–Crippen LogP) is -1.46. The summed E-state index contributed by atoms with van der Waals surface area (Å²) >= 11 is 0. The minimum Gasteiger partial charge on any atom is -0.393 e. The quantitative estimate of drug-likeness (QED) is 0.502. The molecule has 0 saturated carbocycles. The lowest BCUT2D eigenvalue weighted by molar-refractivity contribution is -0.0969. The largest absolute Gasteiger partial charge is 0.393 e. The number of hydrogen-bond acceptors (Lipinski definition) is 8. The highest BCUT2D eigenvalue weighted by molar-refractivity contribution is 5.84. The molecule has 0 aliphatic carbocycles. The zero-order valence-electron chi connectivity index (χ0n) is 12.0. The van der Waals surface area contributed by atoms with E-state index in [2.05, 4.69) is 16.5 Å². The van der Waals surface area contributed by atoms with Gasteiger partial charge in [-0.05, 0) is 0 Å². The van der Waals surface area contributed by atoms with E-state index < -0.39 is 30.6 Å². The summed E-state index contributed by atoms with van der Waals surface area (Å²) in [6, 6.07) is 1.23. The summed E-state index contributed by atoms with van der Waals surface area (Å²) in [7, 11) is 0. The van der Waals surface area contributed by atoms with Crippen molar-refractivity contribution in [3.63, 3.8) is 0 Å². The maximum absolute atomic E-state index is 12.0. The molecule has 1 aliphatic rings. The third-order valence-electron chi connectivity index (χ3n) is 4.06. The molecular weight excluding hydrogens is 304 g/mol. The Morgan fingerprint density at radius 1 is 1.48 bits per heavy atom. The third-order valence-corrected chi connectivity index (χ3v) is 4.06. The highest BCUT2D eigenvalue weighted by Gasteiger charge is 2.53. The Morgan fingerprint density at radius 3 is 2.83 bits per heavy atom. The third kappa shape index (κ3) is 2.13. The number of aliphatic hydroxyl groups excluding tert-OH is 3.